The third-order valence-electron chi connectivity index (χ3n) is 2.54. The Kier molecular flexibility index (Phi) is 3.14. The molecule has 2 heterocycles. The topological polar surface area (TPSA) is 67.0 Å². The lowest BCUT2D eigenvalue weighted by Crippen LogP contribution is -2.12. The second-order valence-corrected chi connectivity index (χ2v) is 4.51. The minimum atomic E-state index is -0.202. The third kappa shape index (κ3) is 2.16. The number of aryl methyl sites for hydroxylation is 1. The van der Waals surface area contributed by atoms with E-state index >= 15 is 0 Å². The van der Waals surface area contributed by atoms with E-state index in [2.05, 4.69) is 15.5 Å². The molecular weight excluding hydrogens is 238 g/mol. The number of aromatic nitrogens is 2. The molecule has 1 amide bonds. The van der Waals surface area contributed by atoms with Crippen molar-refractivity contribution in [2.75, 3.05) is 12.4 Å². The molecule has 2 aromatic rings. The van der Waals surface area contributed by atoms with E-state index in [1.165, 1.54) is 11.3 Å². The molecule has 0 atom stereocenters. The Morgan fingerprint density at radius 3 is 2.88 bits per heavy atom. The Morgan fingerprint density at radius 1 is 1.53 bits per heavy atom. The zero-order valence-electron chi connectivity index (χ0n) is 9.83. The van der Waals surface area contributed by atoms with Gasteiger partial charge in [-0.05, 0) is 25.3 Å². The number of hydrogen-bond donors (Lipinski definition) is 2. The molecule has 0 aliphatic rings. The summed E-state index contributed by atoms with van der Waals surface area (Å²) in [4.78, 5) is 12.5. The van der Waals surface area contributed by atoms with Crippen molar-refractivity contribution in [3.05, 3.63) is 27.6 Å². The van der Waals surface area contributed by atoms with Gasteiger partial charge >= 0.3 is 0 Å². The summed E-state index contributed by atoms with van der Waals surface area (Å²) >= 11 is 1.34. The molecule has 0 unspecified atom stereocenters. The molecule has 0 saturated carbocycles. The van der Waals surface area contributed by atoms with Crippen LogP contribution in [-0.2, 0) is 0 Å². The number of anilines is 1. The van der Waals surface area contributed by atoms with Gasteiger partial charge in [0.2, 0.25) is 0 Å². The van der Waals surface area contributed by atoms with Crippen LogP contribution in [0, 0.1) is 13.8 Å². The fourth-order valence-corrected chi connectivity index (χ4v) is 2.15. The van der Waals surface area contributed by atoms with Crippen LogP contribution in [0.1, 0.15) is 20.9 Å². The molecule has 0 aromatic carbocycles. The zero-order chi connectivity index (χ0) is 12.4. The molecule has 0 spiro atoms. The van der Waals surface area contributed by atoms with E-state index in [1.807, 2.05) is 19.2 Å². The monoisotopic (exact) mass is 251 g/mol. The number of thiophene rings is 1. The Labute approximate surface area is 103 Å². The van der Waals surface area contributed by atoms with Crippen molar-refractivity contribution in [1.82, 2.24) is 10.2 Å². The van der Waals surface area contributed by atoms with Crippen LogP contribution in [0.15, 0.2) is 11.4 Å². The molecule has 0 bridgehead atoms. The Bertz CT molecular complexity index is 545. The molecule has 2 rings (SSSR count). The second-order valence-electron chi connectivity index (χ2n) is 3.59. The fourth-order valence-electron chi connectivity index (χ4n) is 1.39. The highest BCUT2D eigenvalue weighted by Gasteiger charge is 2.16. The summed E-state index contributed by atoms with van der Waals surface area (Å²) in [5, 5.41) is 11.4. The minimum absolute atomic E-state index is 0.202. The maximum atomic E-state index is 12.0. The van der Waals surface area contributed by atoms with Crippen molar-refractivity contribution in [1.29, 1.82) is 0 Å². The van der Waals surface area contributed by atoms with Gasteiger partial charge < -0.3 is 10.1 Å². The van der Waals surface area contributed by atoms with Crippen LogP contribution in [0.3, 0.4) is 0 Å². The highest BCUT2D eigenvalue weighted by molar-refractivity contribution is 7.12. The van der Waals surface area contributed by atoms with Gasteiger partial charge in [0.15, 0.2) is 5.82 Å². The van der Waals surface area contributed by atoms with Gasteiger partial charge in [-0.25, -0.2) is 0 Å². The highest BCUT2D eigenvalue weighted by Crippen LogP contribution is 2.25. The summed E-state index contributed by atoms with van der Waals surface area (Å²) in [6, 6.07) is 1.77. The average molecular weight is 251 g/mol. The Hall–Kier alpha value is -1.82. The van der Waals surface area contributed by atoms with Gasteiger partial charge in [0.25, 0.3) is 5.91 Å². The largest absolute Gasteiger partial charge is 0.495 e. The molecule has 5 nitrogen and oxygen atoms in total. The van der Waals surface area contributed by atoms with Gasteiger partial charge in [-0.3, -0.25) is 9.89 Å². The maximum Gasteiger partial charge on any atom is 0.270 e. The fraction of sp³-hybridized carbons (Fsp3) is 0.273. The number of carbonyl (C=O) groups excluding carboxylic acids is 1. The van der Waals surface area contributed by atoms with Crippen LogP contribution >= 0.6 is 11.3 Å². The summed E-state index contributed by atoms with van der Waals surface area (Å²) in [5.41, 5.74) is 1.88. The van der Waals surface area contributed by atoms with Crippen LogP contribution < -0.4 is 10.1 Å². The van der Waals surface area contributed by atoms with E-state index in [1.54, 1.807) is 13.2 Å². The lowest BCUT2D eigenvalue weighted by atomic mass is 10.3. The first-order valence-electron chi connectivity index (χ1n) is 5.08. The predicted molar refractivity (Wildman–Crippen MR) is 66.9 cm³/mol. The summed E-state index contributed by atoms with van der Waals surface area (Å²) in [5.74, 6) is 0.937. The molecule has 0 radical (unpaired) electrons. The smallest absolute Gasteiger partial charge is 0.270 e. The number of amides is 1. The van der Waals surface area contributed by atoms with E-state index in [9.17, 15) is 4.79 Å². The average Bonchev–Trinajstić information content (AvgIpc) is 2.90. The van der Waals surface area contributed by atoms with E-state index in [0.29, 0.717) is 16.4 Å². The predicted octanol–water partition coefficient (Wildman–Crippen LogP) is 2.35. The van der Waals surface area contributed by atoms with E-state index in [0.717, 1.165) is 11.3 Å². The van der Waals surface area contributed by atoms with Gasteiger partial charge in [-0.15, -0.1) is 11.3 Å². The van der Waals surface area contributed by atoms with E-state index in [4.69, 9.17) is 4.74 Å². The second kappa shape index (κ2) is 4.58. The molecule has 6 heteroatoms. The van der Waals surface area contributed by atoms with Gasteiger partial charge in [0.1, 0.15) is 10.6 Å². The van der Waals surface area contributed by atoms with Crippen molar-refractivity contribution in [3.8, 4) is 5.75 Å². The highest BCUT2D eigenvalue weighted by atomic mass is 32.1. The van der Waals surface area contributed by atoms with Gasteiger partial charge in [0.05, 0.1) is 7.11 Å². The summed E-state index contributed by atoms with van der Waals surface area (Å²) < 4.78 is 5.10. The molecule has 0 aliphatic carbocycles. The number of H-pyrrole nitrogens is 1. The van der Waals surface area contributed by atoms with Crippen LogP contribution in [0.5, 0.6) is 5.75 Å². The Morgan fingerprint density at radius 2 is 2.29 bits per heavy atom. The molecule has 0 aliphatic heterocycles. The third-order valence-corrected chi connectivity index (χ3v) is 3.43. The number of carbonyl (C=O) groups is 1. The zero-order valence-corrected chi connectivity index (χ0v) is 10.6. The minimum Gasteiger partial charge on any atom is -0.495 e. The van der Waals surface area contributed by atoms with Crippen molar-refractivity contribution in [3.63, 3.8) is 0 Å². The summed E-state index contributed by atoms with van der Waals surface area (Å²) in [6.07, 6.45) is 0. The van der Waals surface area contributed by atoms with Crippen LogP contribution in [0.2, 0.25) is 0 Å². The number of ether oxygens (including phenoxy) is 1. The lowest BCUT2D eigenvalue weighted by Gasteiger charge is -2.03. The summed E-state index contributed by atoms with van der Waals surface area (Å²) in [7, 11) is 1.54. The molecule has 2 N–H and O–H groups in total. The summed E-state index contributed by atoms with van der Waals surface area (Å²) in [6.45, 7) is 3.81. The van der Waals surface area contributed by atoms with Crippen molar-refractivity contribution in [2.45, 2.75) is 13.8 Å². The van der Waals surface area contributed by atoms with E-state index < -0.39 is 0 Å². The van der Waals surface area contributed by atoms with E-state index in [-0.39, 0.29) is 5.91 Å². The quantitative estimate of drug-likeness (QED) is 0.880. The number of methoxy groups -OCH3 is 1. The molecular formula is C11H13N3O2S. The first-order chi connectivity index (χ1) is 8.13. The van der Waals surface area contributed by atoms with Crippen LogP contribution in [0.25, 0.3) is 0 Å². The molecule has 17 heavy (non-hydrogen) atoms. The number of hydrogen-bond acceptors (Lipinski definition) is 4. The van der Waals surface area contributed by atoms with Crippen molar-refractivity contribution in [2.24, 2.45) is 0 Å². The van der Waals surface area contributed by atoms with Gasteiger partial charge in [0, 0.05) is 11.3 Å². The molecule has 2 aromatic heterocycles. The molecule has 0 fully saturated rings. The first kappa shape index (κ1) is 11.7. The Balaban J connectivity index is 2.20. The van der Waals surface area contributed by atoms with Crippen LogP contribution in [-0.4, -0.2) is 23.2 Å². The molecule has 0 saturated heterocycles. The first-order valence-corrected chi connectivity index (χ1v) is 5.96. The normalized spacial score (nSPS) is 10.3. The number of nitrogens with one attached hydrogen (secondary N) is 2. The van der Waals surface area contributed by atoms with Gasteiger partial charge in [-0.1, -0.05) is 0 Å². The van der Waals surface area contributed by atoms with Crippen molar-refractivity contribution >= 4 is 23.1 Å². The number of nitrogens with zero attached hydrogens (tertiary/aromatic N) is 1. The standard InChI is InChI=1S/C11H13N3O2S/c1-6-7(2)13-14-10(6)12-11(15)9-8(16-3)4-5-17-9/h4-5H,1-3H3,(H2,12,13,14,15). The van der Waals surface area contributed by atoms with Gasteiger partial charge in [-0.2, -0.15) is 5.10 Å². The SMILES string of the molecule is COc1ccsc1C(=O)Nc1n[nH]c(C)c1C. The molecule has 90 valence electrons. The lowest BCUT2D eigenvalue weighted by molar-refractivity contribution is 0.102. The maximum absolute atomic E-state index is 12.0. The van der Waals surface area contributed by atoms with Crippen LogP contribution in [0.4, 0.5) is 5.82 Å². The van der Waals surface area contributed by atoms with Crippen molar-refractivity contribution < 1.29 is 9.53 Å². The number of aromatic amines is 1. The number of rotatable bonds is 3.